The minimum absolute atomic E-state index is 0.0713. The summed E-state index contributed by atoms with van der Waals surface area (Å²) in [7, 11) is 0. The van der Waals surface area contributed by atoms with Gasteiger partial charge in [0.2, 0.25) is 0 Å². The largest absolute Gasteiger partial charge is 0.458 e. The van der Waals surface area contributed by atoms with Gasteiger partial charge in [-0.15, -0.1) is 0 Å². The average molecular weight is 522 g/mol. The molecular formula is C29H23N5O5. The van der Waals surface area contributed by atoms with E-state index in [1.165, 1.54) is 12.7 Å². The molecule has 2 heterocycles. The molecule has 0 aliphatic heterocycles. The molecule has 0 radical (unpaired) electrons. The summed E-state index contributed by atoms with van der Waals surface area (Å²) in [6, 6.07) is 25.7. The Balaban J connectivity index is 1.40. The van der Waals surface area contributed by atoms with Crippen LogP contribution in [0.5, 0.6) is 0 Å². The predicted octanol–water partition coefficient (Wildman–Crippen LogP) is 3.58. The maximum absolute atomic E-state index is 12.8. The van der Waals surface area contributed by atoms with Crippen LogP contribution in [0.15, 0.2) is 109 Å². The fourth-order valence-corrected chi connectivity index (χ4v) is 3.84. The minimum Gasteiger partial charge on any atom is -0.458 e. The second-order valence-electron chi connectivity index (χ2n) is 8.46. The molecule has 5 rings (SSSR count). The predicted molar refractivity (Wildman–Crippen MR) is 141 cm³/mol. The molecule has 39 heavy (non-hydrogen) atoms. The zero-order valence-electron chi connectivity index (χ0n) is 20.6. The van der Waals surface area contributed by atoms with Crippen LogP contribution in [0.3, 0.4) is 0 Å². The Morgan fingerprint density at radius 1 is 0.795 bits per heavy atom. The highest BCUT2D eigenvalue weighted by Crippen LogP contribution is 2.11. The molecule has 0 aliphatic rings. The normalized spacial score (nSPS) is 12.2. The molecule has 1 atom stereocenters. The van der Waals surface area contributed by atoms with E-state index in [2.05, 4.69) is 19.9 Å². The molecule has 0 spiro atoms. The summed E-state index contributed by atoms with van der Waals surface area (Å²) in [5.74, 6) is -1.56. The van der Waals surface area contributed by atoms with E-state index in [9.17, 15) is 14.4 Å². The standard InChI is InChI=1S/C29H23N5O5/c35-27(20-10-4-1-5-11-20)33-25-24-26(31-18-30-24)34(19-32-25)16-23(39-29(37)22-14-8-3-9-15-22)17-38-28(36)21-12-6-2-7-13-21/h1-15,18-19,23H,16-17H2,(H,30,31)/t23-/m1/s1. The Labute approximate surface area is 222 Å². The second-order valence-corrected chi connectivity index (χ2v) is 8.46. The van der Waals surface area contributed by atoms with Crippen LogP contribution in [0, 0.1) is 0 Å². The van der Waals surface area contributed by atoms with E-state index in [0.717, 1.165) is 0 Å². The van der Waals surface area contributed by atoms with Gasteiger partial charge in [-0.25, -0.2) is 19.6 Å². The number of hydrogen-bond donors (Lipinski definition) is 1. The highest BCUT2D eigenvalue weighted by Gasteiger charge is 2.21. The van der Waals surface area contributed by atoms with Gasteiger partial charge in [-0.2, -0.15) is 4.99 Å². The number of hydrogen-bond acceptors (Lipinski definition) is 7. The first kappa shape index (κ1) is 25.3. The number of carbonyl (C=O) groups is 3. The van der Waals surface area contributed by atoms with E-state index in [-0.39, 0.29) is 18.6 Å². The number of esters is 2. The number of imidazole rings is 1. The van der Waals surface area contributed by atoms with Crippen LogP contribution in [-0.2, 0) is 16.0 Å². The van der Waals surface area contributed by atoms with E-state index in [4.69, 9.17) is 9.47 Å². The Morgan fingerprint density at radius 2 is 1.38 bits per heavy atom. The van der Waals surface area contributed by atoms with Gasteiger partial charge in [0, 0.05) is 5.56 Å². The number of nitrogens with one attached hydrogen (secondary N) is 1. The highest BCUT2D eigenvalue weighted by atomic mass is 16.6. The lowest BCUT2D eigenvalue weighted by molar-refractivity contribution is -0.00498. The molecule has 0 unspecified atom stereocenters. The lowest BCUT2D eigenvalue weighted by atomic mass is 10.2. The summed E-state index contributed by atoms with van der Waals surface area (Å²) in [4.78, 5) is 53.8. The van der Waals surface area contributed by atoms with E-state index >= 15 is 0 Å². The first-order valence-electron chi connectivity index (χ1n) is 12.1. The van der Waals surface area contributed by atoms with E-state index in [1.807, 2.05) is 6.07 Å². The van der Waals surface area contributed by atoms with Crippen molar-refractivity contribution in [3.05, 3.63) is 126 Å². The molecule has 0 fully saturated rings. The fraction of sp³-hybridized carbons (Fsp3) is 0.103. The van der Waals surface area contributed by atoms with Crippen molar-refractivity contribution in [1.82, 2.24) is 19.5 Å². The van der Waals surface area contributed by atoms with Gasteiger partial charge < -0.3 is 19.0 Å². The van der Waals surface area contributed by atoms with Crippen LogP contribution >= 0.6 is 0 Å². The molecule has 10 nitrogen and oxygen atoms in total. The van der Waals surface area contributed by atoms with E-state index in [0.29, 0.717) is 27.9 Å². The minimum atomic E-state index is -0.870. The Hall–Kier alpha value is -5.38. The molecule has 5 aromatic rings. The first-order chi connectivity index (χ1) is 19.1. The van der Waals surface area contributed by atoms with Crippen molar-refractivity contribution >= 4 is 29.0 Å². The van der Waals surface area contributed by atoms with Crippen LogP contribution < -0.4 is 5.49 Å². The van der Waals surface area contributed by atoms with Gasteiger partial charge in [-0.3, -0.25) is 4.79 Å². The zero-order chi connectivity index (χ0) is 27.0. The summed E-state index contributed by atoms with van der Waals surface area (Å²) < 4.78 is 12.8. The summed E-state index contributed by atoms with van der Waals surface area (Å²) in [5, 5.41) is 0. The summed E-state index contributed by atoms with van der Waals surface area (Å²) in [6.07, 6.45) is 2.03. The molecule has 194 valence electrons. The van der Waals surface area contributed by atoms with Gasteiger partial charge in [0.15, 0.2) is 17.2 Å². The Kier molecular flexibility index (Phi) is 7.63. The van der Waals surface area contributed by atoms with Crippen molar-refractivity contribution in [3.8, 4) is 0 Å². The molecule has 1 N–H and O–H groups in total. The molecule has 0 aliphatic carbocycles. The van der Waals surface area contributed by atoms with Crippen LogP contribution in [-0.4, -0.2) is 50.1 Å². The van der Waals surface area contributed by atoms with Crippen LogP contribution in [0.1, 0.15) is 31.1 Å². The first-order valence-corrected chi connectivity index (χ1v) is 12.1. The third kappa shape index (κ3) is 6.13. The lowest BCUT2D eigenvalue weighted by Crippen LogP contribution is -2.31. The third-order valence-electron chi connectivity index (χ3n) is 5.76. The van der Waals surface area contributed by atoms with Crippen LogP contribution in [0.2, 0.25) is 0 Å². The van der Waals surface area contributed by atoms with Gasteiger partial charge in [0.1, 0.15) is 12.1 Å². The Morgan fingerprint density at radius 3 is 2.03 bits per heavy atom. The van der Waals surface area contributed by atoms with Crippen molar-refractivity contribution in [3.63, 3.8) is 0 Å². The number of aromatic nitrogens is 4. The molecule has 2 aromatic heterocycles. The molecule has 3 aromatic carbocycles. The number of ether oxygens (including phenoxy) is 2. The van der Waals surface area contributed by atoms with Crippen LogP contribution in [0.25, 0.3) is 11.2 Å². The zero-order valence-corrected chi connectivity index (χ0v) is 20.6. The molecule has 0 bridgehead atoms. The molecule has 10 heteroatoms. The topological polar surface area (TPSA) is 129 Å². The third-order valence-corrected chi connectivity index (χ3v) is 5.76. The van der Waals surface area contributed by atoms with Crippen molar-refractivity contribution in [2.75, 3.05) is 6.61 Å². The quantitative estimate of drug-likeness (QED) is 0.309. The number of amides is 1. The fourth-order valence-electron chi connectivity index (χ4n) is 3.84. The number of benzene rings is 3. The second kappa shape index (κ2) is 11.8. The van der Waals surface area contributed by atoms with Crippen molar-refractivity contribution in [2.24, 2.45) is 4.99 Å². The molecular weight excluding hydrogens is 498 g/mol. The van der Waals surface area contributed by atoms with Gasteiger partial charge in [0.25, 0.3) is 5.91 Å². The lowest BCUT2D eigenvalue weighted by Gasteiger charge is -2.19. The van der Waals surface area contributed by atoms with Gasteiger partial charge in [-0.1, -0.05) is 54.6 Å². The molecule has 1 amide bonds. The number of nitrogens with zero attached hydrogens (tertiary/aromatic N) is 4. The van der Waals surface area contributed by atoms with Crippen molar-refractivity contribution in [2.45, 2.75) is 12.6 Å². The maximum Gasteiger partial charge on any atom is 0.338 e. The van der Waals surface area contributed by atoms with Crippen LogP contribution in [0.4, 0.5) is 0 Å². The number of rotatable bonds is 8. The number of fused-ring (bicyclic) bond motifs is 1. The van der Waals surface area contributed by atoms with Crippen molar-refractivity contribution in [1.29, 1.82) is 0 Å². The van der Waals surface area contributed by atoms with Crippen molar-refractivity contribution < 1.29 is 23.9 Å². The number of aromatic amines is 1. The van der Waals surface area contributed by atoms with E-state index in [1.54, 1.807) is 89.5 Å². The monoisotopic (exact) mass is 521 g/mol. The number of H-pyrrole nitrogens is 1. The van der Waals surface area contributed by atoms with Gasteiger partial charge >= 0.3 is 11.9 Å². The SMILES string of the molecule is O=C(N=c1ncn(C[C@H](COC(=O)c2ccccc2)OC(=O)c2ccccc2)c2nc[nH]c12)c1ccccc1. The summed E-state index contributed by atoms with van der Waals surface area (Å²) >= 11 is 0. The van der Waals surface area contributed by atoms with Gasteiger partial charge in [0.05, 0.1) is 30.3 Å². The van der Waals surface area contributed by atoms with E-state index < -0.39 is 23.9 Å². The highest BCUT2D eigenvalue weighted by molar-refractivity contribution is 5.95. The van der Waals surface area contributed by atoms with Gasteiger partial charge in [-0.05, 0) is 36.4 Å². The Bertz CT molecular complexity index is 1660. The number of carbonyl (C=O) groups excluding carboxylic acids is 3. The molecule has 0 saturated heterocycles. The smallest absolute Gasteiger partial charge is 0.338 e. The summed E-state index contributed by atoms with van der Waals surface area (Å²) in [6.45, 7) is -0.133. The molecule has 0 saturated carbocycles. The average Bonchev–Trinajstić information content (AvgIpc) is 3.49. The maximum atomic E-state index is 12.8. The summed E-state index contributed by atoms with van der Waals surface area (Å²) in [5.41, 5.74) is 2.19.